The molecular formula is C13H17N3O2. The second-order valence-corrected chi connectivity index (χ2v) is 4.33. The zero-order chi connectivity index (χ0) is 13.1. The normalized spacial score (nSPS) is 12.6. The summed E-state index contributed by atoms with van der Waals surface area (Å²) < 4.78 is 5.24. The fourth-order valence-electron chi connectivity index (χ4n) is 2.01. The maximum Gasteiger partial charge on any atom is 0.255 e. The van der Waals surface area contributed by atoms with Crippen LogP contribution in [-0.4, -0.2) is 9.97 Å². The van der Waals surface area contributed by atoms with E-state index >= 15 is 0 Å². The Kier molecular flexibility index (Phi) is 3.62. The van der Waals surface area contributed by atoms with Gasteiger partial charge < -0.3 is 14.7 Å². The van der Waals surface area contributed by atoms with Crippen molar-refractivity contribution in [1.82, 2.24) is 15.3 Å². The van der Waals surface area contributed by atoms with Crippen molar-refractivity contribution in [1.29, 1.82) is 0 Å². The monoisotopic (exact) mass is 247 g/mol. The minimum Gasteiger partial charge on any atom is -0.468 e. The molecule has 5 nitrogen and oxygen atoms in total. The van der Waals surface area contributed by atoms with Crippen molar-refractivity contribution in [3.8, 4) is 0 Å². The molecule has 96 valence electrons. The van der Waals surface area contributed by atoms with Crippen LogP contribution in [0.5, 0.6) is 0 Å². The fraction of sp³-hybridized carbons (Fsp3) is 0.385. The highest BCUT2D eigenvalue weighted by molar-refractivity contribution is 5.20. The molecule has 5 heteroatoms. The lowest BCUT2D eigenvalue weighted by Crippen LogP contribution is -2.27. The first-order valence-electron chi connectivity index (χ1n) is 5.91. The number of furan rings is 1. The minimum absolute atomic E-state index is 0.0769. The van der Waals surface area contributed by atoms with Gasteiger partial charge in [-0.15, -0.1) is 0 Å². The molecule has 2 rings (SSSR count). The van der Waals surface area contributed by atoms with Crippen LogP contribution in [0.4, 0.5) is 0 Å². The molecule has 0 aliphatic heterocycles. The molecule has 18 heavy (non-hydrogen) atoms. The number of rotatable bonds is 4. The summed E-state index contributed by atoms with van der Waals surface area (Å²) in [6.45, 7) is 6.15. The number of aromatic amines is 1. The highest BCUT2D eigenvalue weighted by Gasteiger charge is 2.14. The lowest BCUT2D eigenvalue weighted by molar-refractivity contribution is 0.458. The summed E-state index contributed by atoms with van der Waals surface area (Å²) in [7, 11) is 0. The number of aryl methyl sites for hydroxylation is 2. The van der Waals surface area contributed by atoms with Gasteiger partial charge >= 0.3 is 0 Å². The Labute approximate surface area is 105 Å². The van der Waals surface area contributed by atoms with Crippen LogP contribution in [0.15, 0.2) is 27.6 Å². The standard InChI is InChI=1S/C13H17N3O2/c1-8(14-7-11-5-4-6-18-11)12-9(2)15-10(3)16-13(12)17/h4-6,8,14H,7H2,1-3H3,(H,15,16,17). The predicted octanol–water partition coefficient (Wildman–Crippen LogP) is 1.83. The number of aromatic nitrogens is 2. The summed E-state index contributed by atoms with van der Waals surface area (Å²) in [6, 6.07) is 3.66. The van der Waals surface area contributed by atoms with Gasteiger partial charge in [-0.25, -0.2) is 4.98 Å². The molecule has 0 fully saturated rings. The molecular weight excluding hydrogens is 230 g/mol. The van der Waals surface area contributed by atoms with Crippen molar-refractivity contribution in [2.75, 3.05) is 0 Å². The van der Waals surface area contributed by atoms with Gasteiger partial charge in [-0.05, 0) is 32.9 Å². The maximum atomic E-state index is 11.9. The van der Waals surface area contributed by atoms with E-state index in [0.717, 1.165) is 11.5 Å². The van der Waals surface area contributed by atoms with Crippen LogP contribution in [0.1, 0.15) is 35.8 Å². The van der Waals surface area contributed by atoms with E-state index in [4.69, 9.17) is 4.42 Å². The Morgan fingerprint density at radius 1 is 1.50 bits per heavy atom. The van der Waals surface area contributed by atoms with Crippen LogP contribution in [0.3, 0.4) is 0 Å². The van der Waals surface area contributed by atoms with E-state index in [1.807, 2.05) is 26.0 Å². The molecule has 0 radical (unpaired) electrons. The van der Waals surface area contributed by atoms with Crippen LogP contribution < -0.4 is 10.9 Å². The number of hydrogen-bond acceptors (Lipinski definition) is 4. The van der Waals surface area contributed by atoms with E-state index in [1.165, 1.54) is 0 Å². The van der Waals surface area contributed by atoms with Gasteiger partial charge in [-0.2, -0.15) is 0 Å². The van der Waals surface area contributed by atoms with Crippen molar-refractivity contribution in [3.63, 3.8) is 0 Å². The van der Waals surface area contributed by atoms with Gasteiger partial charge in [0.05, 0.1) is 18.4 Å². The van der Waals surface area contributed by atoms with Gasteiger partial charge in [-0.1, -0.05) is 0 Å². The lowest BCUT2D eigenvalue weighted by atomic mass is 10.1. The second kappa shape index (κ2) is 5.18. The van der Waals surface area contributed by atoms with Gasteiger partial charge in [0.2, 0.25) is 0 Å². The van der Waals surface area contributed by atoms with Crippen LogP contribution in [0, 0.1) is 13.8 Å². The molecule has 1 atom stereocenters. The maximum absolute atomic E-state index is 11.9. The van der Waals surface area contributed by atoms with Gasteiger partial charge in [0, 0.05) is 11.7 Å². The Morgan fingerprint density at radius 2 is 2.28 bits per heavy atom. The summed E-state index contributed by atoms with van der Waals surface area (Å²) >= 11 is 0. The van der Waals surface area contributed by atoms with E-state index in [1.54, 1.807) is 13.2 Å². The van der Waals surface area contributed by atoms with Crippen molar-refractivity contribution < 1.29 is 4.42 Å². The third-order valence-corrected chi connectivity index (χ3v) is 2.86. The highest BCUT2D eigenvalue weighted by atomic mass is 16.3. The SMILES string of the molecule is Cc1nc(C)c(C(C)NCc2ccco2)c(=O)[nH]1. The molecule has 0 saturated carbocycles. The molecule has 0 amide bonds. The van der Waals surface area contributed by atoms with Crippen molar-refractivity contribution >= 4 is 0 Å². The van der Waals surface area contributed by atoms with Gasteiger partial charge in [0.15, 0.2) is 0 Å². The smallest absolute Gasteiger partial charge is 0.255 e. The highest BCUT2D eigenvalue weighted by Crippen LogP contribution is 2.12. The van der Waals surface area contributed by atoms with E-state index in [0.29, 0.717) is 17.9 Å². The first-order valence-corrected chi connectivity index (χ1v) is 5.91. The molecule has 2 aromatic rings. The second-order valence-electron chi connectivity index (χ2n) is 4.33. The van der Waals surface area contributed by atoms with Crippen molar-refractivity contribution in [2.24, 2.45) is 0 Å². The number of nitrogens with zero attached hydrogens (tertiary/aromatic N) is 1. The number of H-pyrrole nitrogens is 1. The average molecular weight is 247 g/mol. The molecule has 0 aliphatic carbocycles. The molecule has 0 aliphatic rings. The van der Waals surface area contributed by atoms with Crippen molar-refractivity contribution in [3.05, 3.63) is 51.6 Å². The fourth-order valence-corrected chi connectivity index (χ4v) is 2.01. The quantitative estimate of drug-likeness (QED) is 0.864. The Balaban J connectivity index is 2.14. The van der Waals surface area contributed by atoms with Gasteiger partial charge in [0.1, 0.15) is 11.6 Å². The van der Waals surface area contributed by atoms with Gasteiger partial charge in [0.25, 0.3) is 5.56 Å². The summed E-state index contributed by atoms with van der Waals surface area (Å²) in [5.41, 5.74) is 1.35. The minimum atomic E-state index is -0.0838. The van der Waals surface area contributed by atoms with Crippen molar-refractivity contribution in [2.45, 2.75) is 33.4 Å². The van der Waals surface area contributed by atoms with E-state index in [2.05, 4.69) is 15.3 Å². The van der Waals surface area contributed by atoms with E-state index < -0.39 is 0 Å². The summed E-state index contributed by atoms with van der Waals surface area (Å²) in [5, 5.41) is 3.25. The molecule has 0 saturated heterocycles. The Bertz CT molecular complexity index is 572. The van der Waals surface area contributed by atoms with E-state index in [9.17, 15) is 4.79 Å². The zero-order valence-corrected chi connectivity index (χ0v) is 10.8. The number of nitrogens with one attached hydrogen (secondary N) is 2. The third kappa shape index (κ3) is 2.68. The third-order valence-electron chi connectivity index (χ3n) is 2.86. The van der Waals surface area contributed by atoms with Crippen LogP contribution in [-0.2, 0) is 6.54 Å². The summed E-state index contributed by atoms with van der Waals surface area (Å²) in [4.78, 5) is 18.9. The molecule has 2 heterocycles. The molecule has 0 bridgehead atoms. The molecule has 1 unspecified atom stereocenters. The largest absolute Gasteiger partial charge is 0.468 e. The Hall–Kier alpha value is -1.88. The summed E-state index contributed by atoms with van der Waals surface area (Å²) in [6.07, 6.45) is 1.63. The van der Waals surface area contributed by atoms with Crippen LogP contribution in [0.25, 0.3) is 0 Å². The first-order chi connectivity index (χ1) is 8.58. The topological polar surface area (TPSA) is 70.9 Å². The molecule has 2 N–H and O–H groups in total. The van der Waals surface area contributed by atoms with E-state index in [-0.39, 0.29) is 11.6 Å². The molecule has 2 aromatic heterocycles. The molecule has 0 aromatic carbocycles. The lowest BCUT2D eigenvalue weighted by Gasteiger charge is -2.14. The molecule has 0 spiro atoms. The number of hydrogen-bond donors (Lipinski definition) is 2. The van der Waals surface area contributed by atoms with Gasteiger partial charge in [-0.3, -0.25) is 4.79 Å². The summed E-state index contributed by atoms with van der Waals surface area (Å²) in [5.74, 6) is 1.48. The first kappa shape index (κ1) is 12.6. The van der Waals surface area contributed by atoms with Crippen LogP contribution >= 0.6 is 0 Å². The Morgan fingerprint density at radius 3 is 2.89 bits per heavy atom. The van der Waals surface area contributed by atoms with Crippen LogP contribution in [0.2, 0.25) is 0 Å². The predicted molar refractivity (Wildman–Crippen MR) is 68.3 cm³/mol. The zero-order valence-electron chi connectivity index (χ0n) is 10.8. The average Bonchev–Trinajstić information content (AvgIpc) is 2.77.